The van der Waals surface area contributed by atoms with Crippen LogP contribution in [0.15, 0.2) is 12.1 Å². The van der Waals surface area contributed by atoms with E-state index in [0.717, 1.165) is 18.9 Å². The number of amides is 1. The van der Waals surface area contributed by atoms with Gasteiger partial charge in [0.15, 0.2) is 0 Å². The zero-order valence-corrected chi connectivity index (χ0v) is 10.4. The summed E-state index contributed by atoms with van der Waals surface area (Å²) in [6, 6.07) is 2.70. The summed E-state index contributed by atoms with van der Waals surface area (Å²) in [6.07, 6.45) is 3.55. The SMILES string of the molecule is CC(Nc1cc(C(N)=O)c(N)cc1F)C1CCC1. The monoisotopic (exact) mass is 251 g/mol. The number of benzene rings is 1. The Hall–Kier alpha value is -1.78. The number of nitrogen functional groups attached to an aromatic ring is 1. The van der Waals surface area contributed by atoms with Crippen molar-refractivity contribution in [1.82, 2.24) is 0 Å². The van der Waals surface area contributed by atoms with Crippen LogP contribution in [0.3, 0.4) is 0 Å². The summed E-state index contributed by atoms with van der Waals surface area (Å²) in [7, 11) is 0. The first kappa shape index (κ1) is 12.7. The lowest BCUT2D eigenvalue weighted by Gasteiger charge is -2.32. The first-order chi connectivity index (χ1) is 8.49. The molecule has 98 valence electrons. The Morgan fingerprint density at radius 1 is 1.50 bits per heavy atom. The van der Waals surface area contributed by atoms with E-state index in [1.54, 1.807) is 0 Å². The molecule has 4 nitrogen and oxygen atoms in total. The lowest BCUT2D eigenvalue weighted by Crippen LogP contribution is -2.31. The average Bonchev–Trinajstić information content (AvgIpc) is 2.18. The molecule has 18 heavy (non-hydrogen) atoms. The number of nitrogens with two attached hydrogens (primary N) is 2. The number of carbonyl (C=O) groups excluding carboxylic acids is 1. The number of hydrogen-bond donors (Lipinski definition) is 3. The molecule has 0 aromatic heterocycles. The van der Waals surface area contributed by atoms with Crippen LogP contribution in [-0.2, 0) is 0 Å². The summed E-state index contributed by atoms with van der Waals surface area (Å²) < 4.78 is 13.7. The van der Waals surface area contributed by atoms with Gasteiger partial charge in [-0.3, -0.25) is 4.79 Å². The minimum absolute atomic E-state index is 0.0712. The maximum atomic E-state index is 13.7. The van der Waals surface area contributed by atoms with E-state index in [0.29, 0.717) is 5.92 Å². The Bertz CT molecular complexity index is 472. The van der Waals surface area contributed by atoms with Gasteiger partial charge in [-0.2, -0.15) is 0 Å². The zero-order chi connectivity index (χ0) is 13.3. The number of carbonyl (C=O) groups is 1. The molecule has 5 N–H and O–H groups in total. The molecule has 0 radical (unpaired) electrons. The van der Waals surface area contributed by atoms with Gasteiger partial charge in [-0.05, 0) is 37.8 Å². The fraction of sp³-hybridized carbons (Fsp3) is 0.462. The number of hydrogen-bond acceptors (Lipinski definition) is 3. The molecular weight excluding hydrogens is 233 g/mol. The van der Waals surface area contributed by atoms with Gasteiger partial charge in [-0.15, -0.1) is 0 Å². The van der Waals surface area contributed by atoms with Gasteiger partial charge in [0, 0.05) is 11.7 Å². The molecule has 1 aliphatic rings. The quantitative estimate of drug-likeness (QED) is 0.717. The molecule has 1 aromatic carbocycles. The Labute approximate surface area is 106 Å². The summed E-state index contributed by atoms with van der Waals surface area (Å²) in [5, 5.41) is 3.10. The van der Waals surface area contributed by atoms with Crippen molar-refractivity contribution in [1.29, 1.82) is 0 Å². The number of rotatable bonds is 4. The molecule has 1 aliphatic carbocycles. The van der Waals surface area contributed by atoms with E-state index < -0.39 is 11.7 Å². The molecule has 1 amide bonds. The van der Waals surface area contributed by atoms with Crippen LogP contribution in [-0.4, -0.2) is 11.9 Å². The highest BCUT2D eigenvalue weighted by Crippen LogP contribution is 2.32. The summed E-state index contributed by atoms with van der Waals surface area (Å²) in [5.74, 6) is -0.533. The van der Waals surface area contributed by atoms with E-state index in [1.807, 2.05) is 6.92 Å². The molecule has 1 saturated carbocycles. The molecular formula is C13H18FN3O. The van der Waals surface area contributed by atoms with Crippen molar-refractivity contribution in [3.63, 3.8) is 0 Å². The predicted octanol–water partition coefficient (Wildman–Crippen LogP) is 2.11. The minimum Gasteiger partial charge on any atom is -0.398 e. The van der Waals surface area contributed by atoms with Crippen LogP contribution in [0.2, 0.25) is 0 Å². The minimum atomic E-state index is -0.646. The molecule has 0 saturated heterocycles. The standard InChI is InChI=1S/C13H18FN3O/c1-7(8-3-2-4-8)17-12-5-9(13(16)18)11(15)6-10(12)14/h5-8,17H,2-4,15H2,1H3,(H2,16,18). The van der Waals surface area contributed by atoms with E-state index in [4.69, 9.17) is 11.5 Å². The van der Waals surface area contributed by atoms with Gasteiger partial charge in [0.1, 0.15) is 5.82 Å². The Morgan fingerprint density at radius 3 is 2.67 bits per heavy atom. The fourth-order valence-electron chi connectivity index (χ4n) is 2.22. The second kappa shape index (κ2) is 4.84. The van der Waals surface area contributed by atoms with E-state index in [9.17, 15) is 9.18 Å². The van der Waals surface area contributed by atoms with Crippen LogP contribution in [0.1, 0.15) is 36.5 Å². The Balaban J connectivity index is 2.21. The van der Waals surface area contributed by atoms with Crippen molar-refractivity contribution in [3.05, 3.63) is 23.5 Å². The van der Waals surface area contributed by atoms with Crippen molar-refractivity contribution in [3.8, 4) is 0 Å². The van der Waals surface area contributed by atoms with Crippen molar-refractivity contribution in [2.45, 2.75) is 32.2 Å². The van der Waals surface area contributed by atoms with E-state index >= 15 is 0 Å². The van der Waals surface area contributed by atoms with Gasteiger partial charge >= 0.3 is 0 Å². The summed E-state index contributed by atoms with van der Waals surface area (Å²) >= 11 is 0. The Morgan fingerprint density at radius 2 is 2.17 bits per heavy atom. The van der Waals surface area contributed by atoms with E-state index in [1.165, 1.54) is 12.5 Å². The van der Waals surface area contributed by atoms with Gasteiger partial charge in [0.2, 0.25) is 0 Å². The van der Waals surface area contributed by atoms with Gasteiger partial charge in [-0.1, -0.05) is 6.42 Å². The normalized spacial score (nSPS) is 17.0. The molecule has 1 unspecified atom stereocenters. The van der Waals surface area contributed by atoms with Gasteiger partial charge in [0.25, 0.3) is 5.91 Å². The maximum absolute atomic E-state index is 13.7. The third kappa shape index (κ3) is 2.39. The van der Waals surface area contributed by atoms with Crippen molar-refractivity contribution >= 4 is 17.3 Å². The highest BCUT2D eigenvalue weighted by Gasteiger charge is 2.24. The van der Waals surface area contributed by atoms with E-state index in [2.05, 4.69) is 5.32 Å². The number of anilines is 2. The third-order valence-electron chi connectivity index (χ3n) is 3.64. The van der Waals surface area contributed by atoms with E-state index in [-0.39, 0.29) is 23.0 Å². The lowest BCUT2D eigenvalue weighted by atomic mass is 9.80. The third-order valence-corrected chi connectivity index (χ3v) is 3.64. The predicted molar refractivity (Wildman–Crippen MR) is 69.8 cm³/mol. The molecule has 2 rings (SSSR count). The number of primary amides is 1. The van der Waals surface area contributed by atoms with Crippen LogP contribution in [0, 0.1) is 11.7 Å². The maximum Gasteiger partial charge on any atom is 0.250 e. The second-order valence-electron chi connectivity index (χ2n) is 4.91. The lowest BCUT2D eigenvalue weighted by molar-refractivity contribution is 0.100. The van der Waals surface area contributed by atoms with Gasteiger partial charge in [0.05, 0.1) is 11.3 Å². The average molecular weight is 251 g/mol. The topological polar surface area (TPSA) is 81.1 Å². The summed E-state index contributed by atoms with van der Waals surface area (Å²) in [5.41, 5.74) is 11.3. The van der Waals surface area contributed by atoms with Crippen molar-refractivity contribution in [2.24, 2.45) is 11.7 Å². The van der Waals surface area contributed by atoms with Crippen LogP contribution in [0.25, 0.3) is 0 Å². The molecule has 1 aromatic rings. The number of nitrogens with one attached hydrogen (secondary N) is 1. The van der Waals surface area contributed by atoms with Crippen LogP contribution < -0.4 is 16.8 Å². The molecule has 0 aliphatic heterocycles. The van der Waals surface area contributed by atoms with Gasteiger partial charge in [-0.25, -0.2) is 4.39 Å². The summed E-state index contributed by atoms with van der Waals surface area (Å²) in [6.45, 7) is 2.02. The molecule has 0 spiro atoms. The molecule has 5 heteroatoms. The zero-order valence-electron chi connectivity index (χ0n) is 10.4. The highest BCUT2D eigenvalue weighted by molar-refractivity contribution is 5.99. The smallest absolute Gasteiger partial charge is 0.250 e. The largest absolute Gasteiger partial charge is 0.398 e. The summed E-state index contributed by atoms with van der Waals surface area (Å²) in [4.78, 5) is 11.2. The molecule has 1 fully saturated rings. The first-order valence-electron chi connectivity index (χ1n) is 6.14. The fourth-order valence-corrected chi connectivity index (χ4v) is 2.22. The highest BCUT2D eigenvalue weighted by atomic mass is 19.1. The first-order valence-corrected chi connectivity index (χ1v) is 6.14. The Kier molecular flexibility index (Phi) is 3.41. The van der Waals surface area contributed by atoms with Gasteiger partial charge < -0.3 is 16.8 Å². The molecule has 0 heterocycles. The molecule has 1 atom stereocenters. The van der Waals surface area contributed by atoms with Crippen LogP contribution >= 0.6 is 0 Å². The second-order valence-corrected chi connectivity index (χ2v) is 4.91. The van der Waals surface area contributed by atoms with Crippen molar-refractivity contribution < 1.29 is 9.18 Å². The van der Waals surface area contributed by atoms with Crippen LogP contribution in [0.4, 0.5) is 15.8 Å². The molecule has 0 bridgehead atoms. The number of halogens is 1. The van der Waals surface area contributed by atoms with Crippen molar-refractivity contribution in [2.75, 3.05) is 11.1 Å². The van der Waals surface area contributed by atoms with Crippen LogP contribution in [0.5, 0.6) is 0 Å².